The highest BCUT2D eigenvalue weighted by atomic mass is 35.7. The number of rotatable bonds is 4. The molecule has 0 unspecified atom stereocenters. The average Bonchev–Trinajstić information content (AvgIpc) is 2.71. The van der Waals surface area contributed by atoms with Crippen molar-refractivity contribution in [2.75, 3.05) is 7.11 Å². The highest BCUT2D eigenvalue weighted by Gasteiger charge is 2.16. The van der Waals surface area contributed by atoms with E-state index in [4.69, 9.17) is 15.4 Å². The Morgan fingerprint density at radius 2 is 2.05 bits per heavy atom. The third-order valence-electron chi connectivity index (χ3n) is 2.98. The van der Waals surface area contributed by atoms with Gasteiger partial charge in [-0.1, -0.05) is 17.7 Å². The fourth-order valence-electron chi connectivity index (χ4n) is 1.97. The van der Waals surface area contributed by atoms with Crippen LogP contribution in [0.3, 0.4) is 0 Å². The van der Waals surface area contributed by atoms with E-state index in [1.54, 1.807) is 18.6 Å². The van der Waals surface area contributed by atoms with E-state index >= 15 is 0 Å². The van der Waals surface area contributed by atoms with Gasteiger partial charge in [-0.2, -0.15) is 0 Å². The summed E-state index contributed by atoms with van der Waals surface area (Å²) in [6, 6.07) is 5.83. The lowest BCUT2D eigenvalue weighted by atomic mass is 10.1. The fraction of sp³-hybridized carbons (Fsp3) is 0.308. The lowest BCUT2D eigenvalue weighted by Crippen LogP contribution is -2.03. The predicted octanol–water partition coefficient (Wildman–Crippen LogP) is 2.48. The van der Waals surface area contributed by atoms with Crippen molar-refractivity contribution in [1.29, 1.82) is 0 Å². The van der Waals surface area contributed by atoms with E-state index in [-0.39, 0.29) is 5.03 Å². The van der Waals surface area contributed by atoms with Gasteiger partial charge in [0.2, 0.25) is 0 Å². The molecule has 0 spiro atoms. The van der Waals surface area contributed by atoms with Crippen LogP contribution in [0.4, 0.5) is 0 Å². The van der Waals surface area contributed by atoms with Gasteiger partial charge in [0.15, 0.2) is 5.03 Å². The molecule has 5 nitrogen and oxygen atoms in total. The Hall–Kier alpha value is -1.53. The van der Waals surface area contributed by atoms with Crippen LogP contribution in [0.15, 0.2) is 29.4 Å². The number of ether oxygens (including phenoxy) is 1. The van der Waals surface area contributed by atoms with Gasteiger partial charge in [0, 0.05) is 22.4 Å². The predicted molar refractivity (Wildman–Crippen MR) is 76.8 cm³/mol. The molecule has 0 saturated carbocycles. The molecule has 7 heteroatoms. The molecule has 0 bridgehead atoms. The summed E-state index contributed by atoms with van der Waals surface area (Å²) in [6.07, 6.45) is 1.43. The van der Waals surface area contributed by atoms with Crippen molar-refractivity contribution in [2.45, 2.75) is 25.4 Å². The first-order valence-corrected chi connectivity index (χ1v) is 8.24. The summed E-state index contributed by atoms with van der Waals surface area (Å²) in [5.74, 6) is 1.33. The van der Waals surface area contributed by atoms with Gasteiger partial charge in [0.05, 0.1) is 13.7 Å². The molecule has 0 radical (unpaired) electrons. The Labute approximate surface area is 122 Å². The average molecular weight is 315 g/mol. The maximum absolute atomic E-state index is 11.3. The zero-order chi connectivity index (χ0) is 14.9. The summed E-state index contributed by atoms with van der Waals surface area (Å²) in [5.41, 5.74) is 2.05. The van der Waals surface area contributed by atoms with Crippen LogP contribution in [0.1, 0.15) is 17.0 Å². The number of hydrogen-bond acceptors (Lipinski definition) is 4. The molecule has 2 aromatic rings. The summed E-state index contributed by atoms with van der Waals surface area (Å²) in [7, 11) is 3.09. The summed E-state index contributed by atoms with van der Waals surface area (Å²) < 4.78 is 29.6. The maximum atomic E-state index is 11.3. The Balaban J connectivity index is 2.40. The Bertz CT molecular complexity index is 738. The SMILES string of the molecule is COc1ccc(C)cc1Cn1cc(S(=O)(=O)Cl)nc1C. The van der Waals surface area contributed by atoms with Crippen LogP contribution >= 0.6 is 10.7 Å². The number of nitrogens with zero attached hydrogens (tertiary/aromatic N) is 2. The van der Waals surface area contributed by atoms with E-state index in [0.717, 1.165) is 16.9 Å². The standard InChI is InChI=1S/C13H15ClN2O3S/c1-9-4-5-12(19-3)11(6-9)7-16-8-13(15-10(16)2)20(14,17)18/h4-6,8H,7H2,1-3H3. The molecule has 2 rings (SSSR count). The summed E-state index contributed by atoms with van der Waals surface area (Å²) in [4.78, 5) is 3.96. The van der Waals surface area contributed by atoms with E-state index in [1.807, 2.05) is 25.1 Å². The summed E-state index contributed by atoms with van der Waals surface area (Å²) >= 11 is 0. The normalized spacial score (nSPS) is 11.6. The highest BCUT2D eigenvalue weighted by Crippen LogP contribution is 2.22. The molecular formula is C13H15ClN2O3S. The van der Waals surface area contributed by atoms with Gasteiger partial charge in [0.1, 0.15) is 11.6 Å². The van der Waals surface area contributed by atoms with Crippen LogP contribution in [0, 0.1) is 13.8 Å². The molecule has 1 heterocycles. The second-order valence-electron chi connectivity index (χ2n) is 4.51. The van der Waals surface area contributed by atoms with Crippen molar-refractivity contribution < 1.29 is 13.2 Å². The first-order valence-electron chi connectivity index (χ1n) is 5.93. The molecule has 20 heavy (non-hydrogen) atoms. The number of methoxy groups -OCH3 is 1. The molecule has 0 N–H and O–H groups in total. The number of hydrogen-bond donors (Lipinski definition) is 0. The Morgan fingerprint density at radius 3 is 2.60 bits per heavy atom. The summed E-state index contributed by atoms with van der Waals surface area (Å²) in [6.45, 7) is 4.18. The van der Waals surface area contributed by atoms with Crippen LogP contribution in [0.5, 0.6) is 5.75 Å². The minimum Gasteiger partial charge on any atom is -0.496 e. The number of aryl methyl sites for hydroxylation is 2. The first-order chi connectivity index (χ1) is 9.31. The zero-order valence-corrected chi connectivity index (χ0v) is 13.0. The molecule has 0 aliphatic carbocycles. The summed E-state index contributed by atoms with van der Waals surface area (Å²) in [5, 5.41) is -0.136. The second-order valence-corrected chi connectivity index (χ2v) is 7.02. The van der Waals surface area contributed by atoms with Crippen LogP contribution in [0.25, 0.3) is 0 Å². The van der Waals surface area contributed by atoms with Gasteiger partial charge in [-0.3, -0.25) is 0 Å². The van der Waals surface area contributed by atoms with Crippen molar-refractivity contribution in [3.05, 3.63) is 41.3 Å². The minimum atomic E-state index is -3.81. The largest absolute Gasteiger partial charge is 0.496 e. The molecule has 1 aromatic carbocycles. The topological polar surface area (TPSA) is 61.2 Å². The van der Waals surface area contributed by atoms with Crippen molar-refractivity contribution in [3.8, 4) is 5.75 Å². The number of aromatic nitrogens is 2. The smallest absolute Gasteiger partial charge is 0.280 e. The molecule has 1 aromatic heterocycles. The zero-order valence-electron chi connectivity index (χ0n) is 11.4. The van der Waals surface area contributed by atoms with Gasteiger partial charge in [0.25, 0.3) is 9.05 Å². The van der Waals surface area contributed by atoms with Crippen LogP contribution < -0.4 is 4.74 Å². The Kier molecular flexibility index (Phi) is 4.06. The van der Waals surface area contributed by atoms with Gasteiger partial charge < -0.3 is 9.30 Å². The molecule has 0 atom stereocenters. The minimum absolute atomic E-state index is 0.136. The van der Waals surface area contributed by atoms with Crippen molar-refractivity contribution in [2.24, 2.45) is 0 Å². The van der Waals surface area contributed by atoms with Gasteiger partial charge >= 0.3 is 0 Å². The molecule has 0 aliphatic rings. The molecule has 108 valence electrons. The highest BCUT2D eigenvalue weighted by molar-refractivity contribution is 8.13. The number of benzene rings is 1. The van der Waals surface area contributed by atoms with Crippen molar-refractivity contribution >= 4 is 19.7 Å². The second kappa shape index (κ2) is 5.46. The van der Waals surface area contributed by atoms with E-state index in [0.29, 0.717) is 12.4 Å². The van der Waals surface area contributed by atoms with Gasteiger partial charge in [-0.15, -0.1) is 0 Å². The monoisotopic (exact) mass is 314 g/mol. The lowest BCUT2D eigenvalue weighted by Gasteiger charge is -2.11. The lowest BCUT2D eigenvalue weighted by molar-refractivity contribution is 0.408. The molecule has 0 saturated heterocycles. The fourth-order valence-corrected chi connectivity index (χ4v) is 2.69. The number of halogens is 1. The maximum Gasteiger partial charge on any atom is 0.280 e. The van der Waals surface area contributed by atoms with Crippen molar-refractivity contribution in [3.63, 3.8) is 0 Å². The molecule has 0 amide bonds. The van der Waals surface area contributed by atoms with E-state index in [9.17, 15) is 8.42 Å². The van der Waals surface area contributed by atoms with E-state index in [1.165, 1.54) is 6.20 Å². The van der Waals surface area contributed by atoms with Crippen LogP contribution in [0.2, 0.25) is 0 Å². The number of imidazole rings is 1. The third kappa shape index (κ3) is 3.13. The quantitative estimate of drug-likeness (QED) is 0.813. The molecule has 0 fully saturated rings. The van der Waals surface area contributed by atoms with Crippen LogP contribution in [-0.4, -0.2) is 25.1 Å². The first kappa shape index (κ1) is 14.9. The molecular weight excluding hydrogens is 300 g/mol. The van der Waals surface area contributed by atoms with Gasteiger partial charge in [-0.25, -0.2) is 13.4 Å². The van der Waals surface area contributed by atoms with Crippen LogP contribution in [-0.2, 0) is 15.6 Å². The van der Waals surface area contributed by atoms with Gasteiger partial charge in [-0.05, 0) is 19.9 Å². The third-order valence-corrected chi connectivity index (χ3v) is 4.15. The van der Waals surface area contributed by atoms with Crippen molar-refractivity contribution in [1.82, 2.24) is 9.55 Å². The Morgan fingerprint density at radius 1 is 1.35 bits per heavy atom. The molecule has 0 aliphatic heterocycles. The van der Waals surface area contributed by atoms with E-state index in [2.05, 4.69) is 4.98 Å². The van der Waals surface area contributed by atoms with E-state index < -0.39 is 9.05 Å².